The van der Waals surface area contributed by atoms with Crippen LogP contribution in [0.15, 0.2) is 6.07 Å². The van der Waals surface area contributed by atoms with E-state index in [0.29, 0.717) is 12.8 Å². The van der Waals surface area contributed by atoms with E-state index >= 15 is 0 Å². The van der Waals surface area contributed by atoms with Crippen molar-refractivity contribution in [2.75, 3.05) is 18.9 Å². The van der Waals surface area contributed by atoms with Gasteiger partial charge in [0, 0.05) is 0 Å². The summed E-state index contributed by atoms with van der Waals surface area (Å²) in [6.45, 7) is 0.454. The predicted octanol–water partition coefficient (Wildman–Crippen LogP) is 1.64. The van der Waals surface area contributed by atoms with Crippen molar-refractivity contribution in [2.45, 2.75) is 12.8 Å². The lowest BCUT2D eigenvalue weighted by atomic mass is 10.2. The summed E-state index contributed by atoms with van der Waals surface area (Å²) < 4.78 is 10.5. The van der Waals surface area contributed by atoms with Crippen molar-refractivity contribution in [1.82, 2.24) is 0 Å². The molecule has 0 unspecified atom stereocenters. The van der Waals surface area contributed by atoms with E-state index in [1.165, 1.54) is 0 Å². The van der Waals surface area contributed by atoms with E-state index in [4.69, 9.17) is 15.2 Å². The molecule has 0 bridgehead atoms. The molecule has 0 atom stereocenters. The molecule has 1 aliphatic rings. The molecule has 9 nitrogen and oxygen atoms in total. The summed E-state index contributed by atoms with van der Waals surface area (Å²) in [6.07, 6.45) is 1.29. The summed E-state index contributed by atoms with van der Waals surface area (Å²) in [6, 6.07) is 0.919. The Balaban J connectivity index is 2.69. The first-order chi connectivity index (χ1) is 9.02. The van der Waals surface area contributed by atoms with Gasteiger partial charge in [0.2, 0.25) is 11.5 Å². The standard InChI is InChI=1S/C10H11N3O6/c11-6-5-7(12(14)15)9-10(8(6)13(16)17)19-4-2-1-3-18-9/h5H,1-4,11H2. The van der Waals surface area contributed by atoms with Crippen LogP contribution in [-0.2, 0) is 0 Å². The molecule has 9 heteroatoms. The number of fused-ring (bicyclic) bond motifs is 1. The number of rotatable bonds is 2. The van der Waals surface area contributed by atoms with Crippen LogP contribution >= 0.6 is 0 Å². The SMILES string of the molecule is Nc1cc([N+](=O)[O-])c2c(c1[N+](=O)[O-])OCCCCO2. The summed E-state index contributed by atoms with van der Waals surface area (Å²) >= 11 is 0. The molecule has 0 aliphatic carbocycles. The number of benzene rings is 1. The van der Waals surface area contributed by atoms with Crippen LogP contribution in [0.4, 0.5) is 17.1 Å². The van der Waals surface area contributed by atoms with Gasteiger partial charge in [-0.15, -0.1) is 0 Å². The van der Waals surface area contributed by atoms with E-state index in [-0.39, 0.29) is 30.4 Å². The number of nitrogens with two attached hydrogens (primary N) is 1. The Labute approximate surface area is 107 Å². The van der Waals surface area contributed by atoms with Gasteiger partial charge in [-0.3, -0.25) is 20.2 Å². The lowest BCUT2D eigenvalue weighted by Crippen LogP contribution is -2.12. The Morgan fingerprint density at radius 3 is 2.16 bits per heavy atom. The second kappa shape index (κ2) is 4.96. The van der Waals surface area contributed by atoms with Crippen molar-refractivity contribution in [3.63, 3.8) is 0 Å². The Bertz CT molecular complexity index is 545. The third-order valence-electron chi connectivity index (χ3n) is 2.63. The molecule has 2 N–H and O–H groups in total. The van der Waals surface area contributed by atoms with Gasteiger partial charge in [0.1, 0.15) is 5.69 Å². The highest BCUT2D eigenvalue weighted by molar-refractivity contribution is 5.77. The minimum absolute atomic E-state index is 0.220. The Kier molecular flexibility index (Phi) is 3.36. The zero-order valence-corrected chi connectivity index (χ0v) is 9.83. The summed E-state index contributed by atoms with van der Waals surface area (Å²) in [5.41, 5.74) is 4.24. The normalized spacial score (nSPS) is 14.3. The van der Waals surface area contributed by atoms with Gasteiger partial charge in [-0.1, -0.05) is 0 Å². The maximum absolute atomic E-state index is 11.0. The number of anilines is 1. The number of nitro groups is 2. The molecule has 102 valence electrons. The number of nitrogen functional groups attached to an aromatic ring is 1. The number of nitrogens with zero attached hydrogens (tertiary/aromatic N) is 2. The number of nitro benzene ring substituents is 2. The zero-order chi connectivity index (χ0) is 14.0. The highest BCUT2D eigenvalue weighted by atomic mass is 16.6. The molecule has 0 amide bonds. The lowest BCUT2D eigenvalue weighted by molar-refractivity contribution is -0.390. The lowest BCUT2D eigenvalue weighted by Gasteiger charge is -2.16. The van der Waals surface area contributed by atoms with Gasteiger partial charge >= 0.3 is 11.4 Å². The van der Waals surface area contributed by atoms with Crippen molar-refractivity contribution < 1.29 is 19.3 Å². The molecular weight excluding hydrogens is 258 g/mol. The Hall–Kier alpha value is -2.58. The van der Waals surface area contributed by atoms with E-state index in [2.05, 4.69) is 0 Å². The molecule has 0 aromatic heterocycles. The Morgan fingerprint density at radius 2 is 1.63 bits per heavy atom. The fraction of sp³-hybridized carbons (Fsp3) is 0.400. The van der Waals surface area contributed by atoms with E-state index in [0.717, 1.165) is 6.07 Å². The van der Waals surface area contributed by atoms with Gasteiger partial charge in [0.25, 0.3) is 0 Å². The Morgan fingerprint density at radius 1 is 1.05 bits per heavy atom. The molecule has 0 saturated heterocycles. The van der Waals surface area contributed by atoms with Crippen LogP contribution in [0.2, 0.25) is 0 Å². The van der Waals surface area contributed by atoms with E-state index in [1.54, 1.807) is 0 Å². The smallest absolute Gasteiger partial charge is 0.338 e. The maximum Gasteiger partial charge on any atom is 0.338 e. The van der Waals surface area contributed by atoms with Crippen LogP contribution in [0.1, 0.15) is 12.8 Å². The molecule has 1 aromatic rings. The highest BCUT2D eigenvalue weighted by Gasteiger charge is 2.33. The van der Waals surface area contributed by atoms with Crippen LogP contribution in [0.5, 0.6) is 11.5 Å². The quantitative estimate of drug-likeness (QED) is 0.490. The molecular formula is C10H11N3O6. The van der Waals surface area contributed by atoms with Crippen molar-refractivity contribution in [1.29, 1.82) is 0 Å². The van der Waals surface area contributed by atoms with E-state index in [9.17, 15) is 20.2 Å². The van der Waals surface area contributed by atoms with Gasteiger partial charge in [0.05, 0.1) is 29.1 Å². The second-order valence-corrected chi connectivity index (χ2v) is 3.91. The van der Waals surface area contributed by atoms with Crippen molar-refractivity contribution >= 4 is 17.1 Å². The first kappa shape index (κ1) is 12.9. The maximum atomic E-state index is 11.0. The predicted molar refractivity (Wildman–Crippen MR) is 64.4 cm³/mol. The number of hydrogen-bond donors (Lipinski definition) is 1. The van der Waals surface area contributed by atoms with Gasteiger partial charge in [-0.25, -0.2) is 0 Å². The molecule has 2 rings (SSSR count). The molecule has 0 spiro atoms. The highest BCUT2D eigenvalue weighted by Crippen LogP contribution is 2.48. The molecule has 1 aromatic carbocycles. The van der Waals surface area contributed by atoms with Crippen molar-refractivity contribution in [3.8, 4) is 11.5 Å². The van der Waals surface area contributed by atoms with Crippen molar-refractivity contribution in [2.24, 2.45) is 0 Å². The van der Waals surface area contributed by atoms with Gasteiger partial charge in [-0.05, 0) is 12.8 Å². The minimum atomic E-state index is -0.733. The average molecular weight is 269 g/mol. The summed E-state index contributed by atoms with van der Waals surface area (Å²) in [5, 5.41) is 21.9. The minimum Gasteiger partial charge on any atom is -0.484 e. The monoisotopic (exact) mass is 269 g/mol. The van der Waals surface area contributed by atoms with Gasteiger partial charge in [-0.2, -0.15) is 0 Å². The molecule has 19 heavy (non-hydrogen) atoms. The van der Waals surface area contributed by atoms with Crippen molar-refractivity contribution in [3.05, 3.63) is 26.3 Å². The van der Waals surface area contributed by atoms with E-state index < -0.39 is 21.2 Å². The van der Waals surface area contributed by atoms with Crippen LogP contribution in [0, 0.1) is 20.2 Å². The average Bonchev–Trinajstić information content (AvgIpc) is 2.29. The second-order valence-electron chi connectivity index (χ2n) is 3.91. The van der Waals surface area contributed by atoms with Gasteiger partial charge in [0.15, 0.2) is 0 Å². The van der Waals surface area contributed by atoms with E-state index in [1.807, 2.05) is 0 Å². The fourth-order valence-corrected chi connectivity index (χ4v) is 1.79. The third kappa shape index (κ3) is 2.34. The largest absolute Gasteiger partial charge is 0.484 e. The molecule has 1 heterocycles. The van der Waals surface area contributed by atoms with Crippen LogP contribution < -0.4 is 15.2 Å². The number of hydrogen-bond acceptors (Lipinski definition) is 7. The molecule has 1 aliphatic heterocycles. The zero-order valence-electron chi connectivity index (χ0n) is 9.83. The van der Waals surface area contributed by atoms with Crippen LogP contribution in [0.3, 0.4) is 0 Å². The fourth-order valence-electron chi connectivity index (χ4n) is 1.79. The number of ether oxygens (including phenoxy) is 2. The molecule has 0 radical (unpaired) electrons. The van der Waals surface area contributed by atoms with Crippen LogP contribution in [0.25, 0.3) is 0 Å². The first-order valence-electron chi connectivity index (χ1n) is 5.53. The van der Waals surface area contributed by atoms with Gasteiger partial charge < -0.3 is 15.2 Å². The van der Waals surface area contributed by atoms with Crippen LogP contribution in [-0.4, -0.2) is 23.1 Å². The summed E-state index contributed by atoms with van der Waals surface area (Å²) in [7, 11) is 0. The first-order valence-corrected chi connectivity index (χ1v) is 5.53. The summed E-state index contributed by atoms with van der Waals surface area (Å²) in [4.78, 5) is 20.5. The molecule has 0 saturated carbocycles. The summed E-state index contributed by atoms with van der Waals surface area (Å²) in [5.74, 6) is -0.498. The topological polar surface area (TPSA) is 131 Å². The third-order valence-corrected chi connectivity index (χ3v) is 2.63. The molecule has 0 fully saturated rings.